The SMILES string of the molecule is C#CCC(C)NC(=O)CCC1CCCO1. The molecule has 1 rings (SSSR count). The van der Waals surface area contributed by atoms with E-state index in [1.807, 2.05) is 6.92 Å². The van der Waals surface area contributed by atoms with Crippen LogP contribution in [0.3, 0.4) is 0 Å². The predicted octanol–water partition coefficient (Wildman–Crippen LogP) is 1.47. The molecule has 1 aliphatic heterocycles. The summed E-state index contributed by atoms with van der Waals surface area (Å²) in [6, 6.07) is 0.0759. The number of carbonyl (C=O) groups excluding carboxylic acids is 1. The van der Waals surface area contributed by atoms with Crippen molar-refractivity contribution in [2.24, 2.45) is 0 Å². The van der Waals surface area contributed by atoms with Gasteiger partial charge in [0.15, 0.2) is 0 Å². The molecule has 0 spiro atoms. The van der Waals surface area contributed by atoms with Gasteiger partial charge in [0.1, 0.15) is 0 Å². The van der Waals surface area contributed by atoms with Crippen LogP contribution in [0.15, 0.2) is 0 Å². The summed E-state index contributed by atoms with van der Waals surface area (Å²) in [5, 5.41) is 2.87. The van der Waals surface area contributed by atoms with Gasteiger partial charge in [-0.1, -0.05) is 0 Å². The van der Waals surface area contributed by atoms with Crippen molar-refractivity contribution < 1.29 is 9.53 Å². The molecule has 1 aliphatic rings. The molecule has 0 bridgehead atoms. The molecule has 0 aromatic heterocycles. The molecule has 15 heavy (non-hydrogen) atoms. The van der Waals surface area contributed by atoms with Crippen LogP contribution in [0.1, 0.15) is 39.0 Å². The minimum atomic E-state index is 0.0759. The Morgan fingerprint density at radius 1 is 1.73 bits per heavy atom. The average molecular weight is 209 g/mol. The molecular weight excluding hydrogens is 190 g/mol. The Hall–Kier alpha value is -1.01. The van der Waals surface area contributed by atoms with Crippen molar-refractivity contribution in [2.75, 3.05) is 6.61 Å². The molecule has 3 heteroatoms. The van der Waals surface area contributed by atoms with Crippen LogP contribution in [0, 0.1) is 12.3 Å². The molecule has 84 valence electrons. The third-order valence-corrected chi connectivity index (χ3v) is 2.55. The highest BCUT2D eigenvalue weighted by Crippen LogP contribution is 2.16. The summed E-state index contributed by atoms with van der Waals surface area (Å²) < 4.78 is 5.44. The maximum atomic E-state index is 11.4. The van der Waals surface area contributed by atoms with Gasteiger partial charge >= 0.3 is 0 Å². The first-order chi connectivity index (χ1) is 7.22. The first kappa shape index (κ1) is 12.1. The number of nitrogens with one attached hydrogen (secondary N) is 1. The summed E-state index contributed by atoms with van der Waals surface area (Å²) in [4.78, 5) is 11.4. The van der Waals surface area contributed by atoms with Crippen molar-refractivity contribution >= 4 is 5.91 Å². The molecule has 1 heterocycles. The van der Waals surface area contributed by atoms with Gasteiger partial charge < -0.3 is 10.1 Å². The van der Waals surface area contributed by atoms with E-state index in [9.17, 15) is 4.79 Å². The molecule has 1 amide bonds. The normalized spacial score (nSPS) is 22.0. The molecule has 2 unspecified atom stereocenters. The van der Waals surface area contributed by atoms with Gasteiger partial charge in [-0.15, -0.1) is 12.3 Å². The fraction of sp³-hybridized carbons (Fsp3) is 0.750. The first-order valence-electron chi connectivity index (χ1n) is 5.57. The van der Waals surface area contributed by atoms with E-state index in [4.69, 9.17) is 11.2 Å². The van der Waals surface area contributed by atoms with Crippen molar-refractivity contribution in [2.45, 2.75) is 51.2 Å². The summed E-state index contributed by atoms with van der Waals surface area (Å²) >= 11 is 0. The maximum Gasteiger partial charge on any atom is 0.220 e. The van der Waals surface area contributed by atoms with E-state index < -0.39 is 0 Å². The molecule has 0 aromatic rings. The van der Waals surface area contributed by atoms with Gasteiger partial charge in [0.05, 0.1) is 6.10 Å². The zero-order valence-electron chi connectivity index (χ0n) is 9.29. The monoisotopic (exact) mass is 209 g/mol. The predicted molar refractivity (Wildman–Crippen MR) is 59.3 cm³/mol. The fourth-order valence-corrected chi connectivity index (χ4v) is 1.74. The Morgan fingerprint density at radius 2 is 2.53 bits per heavy atom. The van der Waals surface area contributed by atoms with E-state index in [0.29, 0.717) is 18.9 Å². The molecule has 3 nitrogen and oxygen atoms in total. The molecule has 2 atom stereocenters. The molecule has 1 fully saturated rings. The second-order valence-electron chi connectivity index (χ2n) is 4.05. The van der Waals surface area contributed by atoms with Crippen LogP contribution in [0.25, 0.3) is 0 Å². The third-order valence-electron chi connectivity index (χ3n) is 2.55. The first-order valence-corrected chi connectivity index (χ1v) is 5.57. The number of terminal acetylenes is 1. The summed E-state index contributed by atoms with van der Waals surface area (Å²) in [6.07, 6.45) is 9.62. The second kappa shape index (κ2) is 6.47. The largest absolute Gasteiger partial charge is 0.378 e. The fourth-order valence-electron chi connectivity index (χ4n) is 1.74. The smallest absolute Gasteiger partial charge is 0.220 e. The van der Waals surface area contributed by atoms with E-state index in [1.54, 1.807) is 0 Å². The lowest BCUT2D eigenvalue weighted by Gasteiger charge is -2.12. The second-order valence-corrected chi connectivity index (χ2v) is 4.05. The topological polar surface area (TPSA) is 38.3 Å². The van der Waals surface area contributed by atoms with Crippen molar-refractivity contribution in [1.82, 2.24) is 5.32 Å². The van der Waals surface area contributed by atoms with E-state index >= 15 is 0 Å². The highest BCUT2D eigenvalue weighted by Gasteiger charge is 2.16. The number of carbonyl (C=O) groups is 1. The number of ether oxygens (including phenoxy) is 1. The van der Waals surface area contributed by atoms with Crippen LogP contribution < -0.4 is 5.32 Å². The van der Waals surface area contributed by atoms with Crippen LogP contribution >= 0.6 is 0 Å². The Kier molecular flexibility index (Phi) is 5.20. The molecular formula is C12H19NO2. The quantitative estimate of drug-likeness (QED) is 0.696. The van der Waals surface area contributed by atoms with E-state index in [1.165, 1.54) is 0 Å². The molecule has 1 saturated heterocycles. The summed E-state index contributed by atoms with van der Waals surface area (Å²) in [7, 11) is 0. The minimum Gasteiger partial charge on any atom is -0.378 e. The number of amides is 1. The van der Waals surface area contributed by atoms with Gasteiger partial charge in [-0.3, -0.25) is 4.79 Å². The zero-order valence-corrected chi connectivity index (χ0v) is 9.29. The van der Waals surface area contributed by atoms with E-state index in [-0.39, 0.29) is 11.9 Å². The van der Waals surface area contributed by atoms with Gasteiger partial charge in [-0.25, -0.2) is 0 Å². The maximum absolute atomic E-state index is 11.4. The van der Waals surface area contributed by atoms with Gasteiger partial charge in [0.25, 0.3) is 0 Å². The minimum absolute atomic E-state index is 0.0759. The summed E-state index contributed by atoms with van der Waals surface area (Å²) in [5.41, 5.74) is 0. The van der Waals surface area contributed by atoms with Gasteiger partial charge in [-0.2, -0.15) is 0 Å². The Balaban J connectivity index is 2.10. The van der Waals surface area contributed by atoms with Crippen LogP contribution in [0.4, 0.5) is 0 Å². The molecule has 0 aromatic carbocycles. The number of hydrogen-bond donors (Lipinski definition) is 1. The number of rotatable bonds is 5. The average Bonchev–Trinajstić information content (AvgIpc) is 2.67. The third kappa shape index (κ3) is 4.85. The Labute approximate surface area is 91.6 Å². The van der Waals surface area contributed by atoms with Crippen molar-refractivity contribution in [1.29, 1.82) is 0 Å². The lowest BCUT2D eigenvalue weighted by molar-refractivity contribution is -0.122. The van der Waals surface area contributed by atoms with Crippen LogP contribution in [0.5, 0.6) is 0 Å². The standard InChI is InChI=1S/C12H19NO2/c1-3-5-10(2)13-12(14)8-7-11-6-4-9-15-11/h1,10-11H,4-9H2,2H3,(H,13,14). The molecule has 1 N–H and O–H groups in total. The molecule has 0 aliphatic carbocycles. The van der Waals surface area contributed by atoms with Gasteiger partial charge in [-0.05, 0) is 26.2 Å². The Bertz CT molecular complexity index is 238. The van der Waals surface area contributed by atoms with Crippen LogP contribution in [-0.2, 0) is 9.53 Å². The van der Waals surface area contributed by atoms with Gasteiger partial charge in [0.2, 0.25) is 5.91 Å². The number of hydrogen-bond acceptors (Lipinski definition) is 2. The highest BCUT2D eigenvalue weighted by atomic mass is 16.5. The summed E-state index contributed by atoms with van der Waals surface area (Å²) in [6.45, 7) is 2.77. The highest BCUT2D eigenvalue weighted by molar-refractivity contribution is 5.76. The lowest BCUT2D eigenvalue weighted by atomic mass is 10.1. The van der Waals surface area contributed by atoms with Crippen molar-refractivity contribution in [3.8, 4) is 12.3 Å². The van der Waals surface area contributed by atoms with E-state index in [0.717, 1.165) is 25.9 Å². The molecule has 0 saturated carbocycles. The van der Waals surface area contributed by atoms with Crippen LogP contribution in [-0.4, -0.2) is 24.7 Å². The van der Waals surface area contributed by atoms with Crippen molar-refractivity contribution in [3.63, 3.8) is 0 Å². The van der Waals surface area contributed by atoms with Crippen molar-refractivity contribution in [3.05, 3.63) is 0 Å². The Morgan fingerprint density at radius 3 is 3.13 bits per heavy atom. The lowest BCUT2D eigenvalue weighted by Crippen LogP contribution is -2.32. The summed E-state index contributed by atoms with van der Waals surface area (Å²) in [5.74, 6) is 2.61. The zero-order chi connectivity index (χ0) is 11.1. The van der Waals surface area contributed by atoms with Gasteiger partial charge in [0, 0.05) is 25.5 Å². The van der Waals surface area contributed by atoms with E-state index in [2.05, 4.69) is 11.2 Å². The van der Waals surface area contributed by atoms with Crippen LogP contribution in [0.2, 0.25) is 0 Å². The molecule has 0 radical (unpaired) electrons.